The molecule has 0 aliphatic carbocycles. The minimum Gasteiger partial charge on any atom is -0.497 e. The van der Waals surface area contributed by atoms with Crippen molar-refractivity contribution in [1.29, 1.82) is 0 Å². The third-order valence-corrected chi connectivity index (χ3v) is 5.45. The summed E-state index contributed by atoms with van der Waals surface area (Å²) in [6.07, 6.45) is 4.56. The van der Waals surface area contributed by atoms with Crippen molar-refractivity contribution in [3.05, 3.63) is 84.3 Å². The van der Waals surface area contributed by atoms with Crippen molar-refractivity contribution in [3.8, 4) is 5.75 Å². The number of aryl methyl sites for hydroxylation is 1. The average molecular weight is 409 g/mol. The lowest BCUT2D eigenvalue weighted by atomic mass is 10.1. The van der Waals surface area contributed by atoms with Crippen LogP contribution >= 0.6 is 0 Å². The summed E-state index contributed by atoms with van der Waals surface area (Å²) in [5.41, 5.74) is 5.03. The number of pyridine rings is 2. The highest BCUT2D eigenvalue weighted by Crippen LogP contribution is 2.28. The summed E-state index contributed by atoms with van der Waals surface area (Å²) in [4.78, 5) is 9.10. The van der Waals surface area contributed by atoms with Crippen LogP contribution in [0.4, 0.5) is 11.5 Å². The van der Waals surface area contributed by atoms with Crippen LogP contribution < -0.4 is 10.1 Å². The van der Waals surface area contributed by atoms with E-state index in [4.69, 9.17) is 9.84 Å². The number of fused-ring (bicyclic) bond motifs is 2. The van der Waals surface area contributed by atoms with E-state index in [0.717, 1.165) is 51.4 Å². The second kappa shape index (κ2) is 8.07. The van der Waals surface area contributed by atoms with E-state index in [1.54, 1.807) is 13.3 Å². The molecule has 0 amide bonds. The van der Waals surface area contributed by atoms with Crippen LogP contribution in [-0.4, -0.2) is 26.9 Å². The molecule has 154 valence electrons. The highest BCUT2D eigenvalue weighted by molar-refractivity contribution is 5.91. The lowest BCUT2D eigenvalue weighted by Gasteiger charge is -2.08. The smallest absolute Gasteiger partial charge is 0.179 e. The molecule has 0 saturated carbocycles. The van der Waals surface area contributed by atoms with Gasteiger partial charge in [0.05, 0.1) is 19.2 Å². The minimum atomic E-state index is 0.648. The molecule has 0 atom stereocenters. The zero-order valence-corrected chi connectivity index (χ0v) is 17.5. The molecule has 6 nitrogen and oxygen atoms in total. The summed E-state index contributed by atoms with van der Waals surface area (Å²) < 4.78 is 7.24. The Hall–Kier alpha value is -3.93. The van der Waals surface area contributed by atoms with Crippen LogP contribution in [0.25, 0.3) is 21.8 Å². The van der Waals surface area contributed by atoms with E-state index in [0.29, 0.717) is 6.54 Å². The molecule has 0 unspecified atom stereocenters. The summed E-state index contributed by atoms with van der Waals surface area (Å²) in [7, 11) is 1.67. The normalized spacial score (nSPS) is 11.2. The summed E-state index contributed by atoms with van der Waals surface area (Å²) >= 11 is 0. The maximum atomic E-state index is 5.26. The maximum absolute atomic E-state index is 5.26. The molecule has 5 rings (SSSR count). The van der Waals surface area contributed by atoms with Gasteiger partial charge in [0.25, 0.3) is 0 Å². The molecule has 0 fully saturated rings. The van der Waals surface area contributed by atoms with E-state index in [2.05, 4.69) is 52.5 Å². The number of methoxy groups -OCH3 is 1. The fraction of sp³-hybridized carbons (Fsp3) is 0.160. The lowest BCUT2D eigenvalue weighted by molar-refractivity contribution is 0.414. The quantitative estimate of drug-likeness (QED) is 0.410. The van der Waals surface area contributed by atoms with Gasteiger partial charge in [-0.05, 0) is 59.8 Å². The van der Waals surface area contributed by atoms with E-state index in [9.17, 15) is 0 Å². The highest BCUT2D eigenvalue weighted by Gasteiger charge is 2.13. The Kier molecular flexibility index (Phi) is 4.96. The van der Waals surface area contributed by atoms with Gasteiger partial charge in [-0.1, -0.05) is 25.1 Å². The first-order valence-corrected chi connectivity index (χ1v) is 10.3. The van der Waals surface area contributed by atoms with Gasteiger partial charge in [-0.15, -0.1) is 0 Å². The van der Waals surface area contributed by atoms with Crippen molar-refractivity contribution in [3.63, 3.8) is 0 Å². The number of rotatable bonds is 6. The van der Waals surface area contributed by atoms with Crippen molar-refractivity contribution in [2.45, 2.75) is 19.9 Å². The largest absolute Gasteiger partial charge is 0.497 e. The molecular formula is C25H23N5O. The monoisotopic (exact) mass is 409 g/mol. The van der Waals surface area contributed by atoms with Crippen LogP contribution in [0.5, 0.6) is 5.75 Å². The van der Waals surface area contributed by atoms with E-state index in [-0.39, 0.29) is 0 Å². The van der Waals surface area contributed by atoms with Gasteiger partial charge in [0.1, 0.15) is 11.3 Å². The Morgan fingerprint density at radius 3 is 2.65 bits per heavy atom. The summed E-state index contributed by atoms with van der Waals surface area (Å²) in [5, 5.41) is 10.7. The van der Waals surface area contributed by atoms with E-state index >= 15 is 0 Å². The van der Waals surface area contributed by atoms with Crippen molar-refractivity contribution in [2.24, 2.45) is 0 Å². The number of hydrogen-bond acceptors (Lipinski definition) is 5. The Morgan fingerprint density at radius 2 is 1.84 bits per heavy atom. The number of hydrogen-bond donors (Lipinski definition) is 1. The van der Waals surface area contributed by atoms with Crippen LogP contribution in [-0.2, 0) is 13.0 Å². The third-order valence-electron chi connectivity index (χ3n) is 5.45. The minimum absolute atomic E-state index is 0.648. The molecule has 0 aliphatic rings. The Balaban J connectivity index is 1.51. The fourth-order valence-corrected chi connectivity index (χ4v) is 3.84. The molecule has 6 heteroatoms. The zero-order valence-electron chi connectivity index (χ0n) is 17.5. The molecular weight excluding hydrogens is 386 g/mol. The SMILES string of the molecule is CCc1nccc2ccc(Nc3nn(Cc4ccc(OC)cc4)c4cccnc34)cc12. The first-order valence-electron chi connectivity index (χ1n) is 10.3. The average Bonchev–Trinajstić information content (AvgIpc) is 3.16. The Morgan fingerprint density at radius 1 is 0.968 bits per heavy atom. The van der Waals surface area contributed by atoms with Gasteiger partial charge in [0.2, 0.25) is 0 Å². The van der Waals surface area contributed by atoms with E-state index < -0.39 is 0 Å². The molecule has 0 radical (unpaired) electrons. The maximum Gasteiger partial charge on any atom is 0.179 e. The second-order valence-electron chi connectivity index (χ2n) is 7.40. The van der Waals surface area contributed by atoms with E-state index in [1.807, 2.05) is 41.2 Å². The van der Waals surface area contributed by atoms with Gasteiger partial charge in [-0.2, -0.15) is 5.10 Å². The van der Waals surface area contributed by atoms with Crippen LogP contribution in [0.1, 0.15) is 18.2 Å². The van der Waals surface area contributed by atoms with Crippen LogP contribution in [0, 0.1) is 0 Å². The van der Waals surface area contributed by atoms with Crippen molar-refractivity contribution in [2.75, 3.05) is 12.4 Å². The fourth-order valence-electron chi connectivity index (χ4n) is 3.84. The molecule has 3 aromatic heterocycles. The van der Waals surface area contributed by atoms with Gasteiger partial charge < -0.3 is 10.1 Å². The van der Waals surface area contributed by atoms with Gasteiger partial charge >= 0.3 is 0 Å². The molecule has 1 N–H and O–H groups in total. The first-order chi connectivity index (χ1) is 15.2. The summed E-state index contributed by atoms with van der Waals surface area (Å²) in [6, 6.07) is 20.4. The number of aromatic nitrogens is 4. The summed E-state index contributed by atoms with van der Waals surface area (Å²) in [6.45, 7) is 2.77. The number of ether oxygens (including phenoxy) is 1. The molecule has 0 bridgehead atoms. The molecule has 0 saturated heterocycles. The van der Waals surface area contributed by atoms with Crippen molar-refractivity contribution >= 4 is 33.3 Å². The zero-order chi connectivity index (χ0) is 21.2. The lowest BCUT2D eigenvalue weighted by Crippen LogP contribution is -2.02. The predicted molar refractivity (Wildman–Crippen MR) is 124 cm³/mol. The molecule has 2 aromatic carbocycles. The van der Waals surface area contributed by atoms with Crippen molar-refractivity contribution < 1.29 is 4.74 Å². The van der Waals surface area contributed by atoms with Gasteiger partial charge in [0, 0.05) is 29.2 Å². The topological polar surface area (TPSA) is 64.9 Å². The molecule has 31 heavy (non-hydrogen) atoms. The van der Waals surface area contributed by atoms with Gasteiger partial charge in [-0.3, -0.25) is 14.6 Å². The second-order valence-corrected chi connectivity index (χ2v) is 7.40. The Labute approximate surface area is 180 Å². The summed E-state index contributed by atoms with van der Waals surface area (Å²) in [5.74, 6) is 1.58. The van der Waals surface area contributed by atoms with Crippen LogP contribution in [0.2, 0.25) is 0 Å². The van der Waals surface area contributed by atoms with Gasteiger partial charge in [0.15, 0.2) is 5.82 Å². The molecule has 5 aromatic rings. The standard InChI is InChI=1S/C25H23N5O/c1-3-22-21-15-19(9-8-18(21)12-14-26-22)28-25-24-23(5-4-13-27-24)30(29-25)16-17-6-10-20(31-2)11-7-17/h4-15H,3,16H2,1-2H3,(H,28,29). The number of benzene rings is 2. The molecule has 0 spiro atoms. The predicted octanol–water partition coefficient (Wildman–Crippen LogP) is 5.34. The van der Waals surface area contributed by atoms with E-state index in [1.165, 1.54) is 5.39 Å². The molecule has 3 heterocycles. The van der Waals surface area contributed by atoms with Gasteiger partial charge in [-0.25, -0.2) is 0 Å². The number of nitrogens with one attached hydrogen (secondary N) is 1. The Bertz CT molecular complexity index is 1360. The first kappa shape index (κ1) is 19.1. The van der Waals surface area contributed by atoms with Crippen molar-refractivity contribution in [1.82, 2.24) is 19.7 Å². The number of anilines is 2. The molecule has 0 aliphatic heterocycles. The third kappa shape index (κ3) is 3.68. The number of nitrogens with zero attached hydrogens (tertiary/aromatic N) is 4. The highest BCUT2D eigenvalue weighted by atomic mass is 16.5. The van der Waals surface area contributed by atoms with Crippen LogP contribution in [0.3, 0.4) is 0 Å². The van der Waals surface area contributed by atoms with Crippen LogP contribution in [0.15, 0.2) is 73.1 Å².